The molecule has 5 atom stereocenters. The van der Waals surface area contributed by atoms with Gasteiger partial charge in [0.25, 0.3) is 0 Å². The molecule has 9 nitrogen and oxygen atoms in total. The second-order valence-electron chi connectivity index (χ2n) is 11.4. The van der Waals surface area contributed by atoms with Crippen molar-refractivity contribution in [3.05, 3.63) is 49.6 Å². The van der Waals surface area contributed by atoms with Crippen LogP contribution in [-0.4, -0.2) is 88.8 Å². The Morgan fingerprint density at radius 3 is 2.41 bits per heavy atom. The number of rotatable bonds is 11. The van der Waals surface area contributed by atoms with Gasteiger partial charge in [0.05, 0.1) is 31.2 Å². The molecule has 3 heterocycles. The van der Waals surface area contributed by atoms with E-state index in [1.807, 2.05) is 39.8 Å². The van der Waals surface area contributed by atoms with E-state index in [0.717, 1.165) is 0 Å². The molecule has 212 valence electrons. The molecule has 0 aromatic heterocycles. The summed E-state index contributed by atoms with van der Waals surface area (Å²) in [7, 11) is 0. The normalized spacial score (nSPS) is 27.3. The van der Waals surface area contributed by atoms with E-state index < -0.39 is 35.1 Å². The average molecular weight is 540 g/mol. The number of fused-ring (bicyclic) bond motifs is 1. The number of carbonyl (C=O) groups excluding carboxylic acids is 3. The van der Waals surface area contributed by atoms with Crippen molar-refractivity contribution < 1.29 is 29.0 Å². The van der Waals surface area contributed by atoms with Crippen LogP contribution in [0.3, 0.4) is 0 Å². The van der Waals surface area contributed by atoms with Crippen LogP contribution >= 0.6 is 0 Å². The van der Waals surface area contributed by atoms with Crippen LogP contribution in [0.4, 0.5) is 5.69 Å². The van der Waals surface area contributed by atoms with E-state index in [1.54, 1.807) is 34.1 Å². The summed E-state index contributed by atoms with van der Waals surface area (Å²) in [6.07, 6.45) is 3.89. The molecular weight excluding hydrogens is 498 g/mol. The van der Waals surface area contributed by atoms with Gasteiger partial charge in [0.15, 0.2) is 0 Å². The zero-order valence-corrected chi connectivity index (χ0v) is 23.5. The minimum Gasteiger partial charge on any atom is -0.494 e. The minimum atomic E-state index is -1.13. The SMILES string of the molecule is C=CCN(C(=O)[C@@H]1[C@H]2C(=O)N(CCO)C(C(=O)N(CC=C)C(C)(C)C)C23CC[C@H]1O3)c1ccc(OCC)cc1. The maximum atomic E-state index is 14.2. The van der Waals surface area contributed by atoms with Crippen LogP contribution in [0.5, 0.6) is 5.75 Å². The van der Waals surface area contributed by atoms with Gasteiger partial charge in [-0.1, -0.05) is 12.2 Å². The molecule has 1 N–H and O–H groups in total. The summed E-state index contributed by atoms with van der Waals surface area (Å²) in [5.41, 5.74) is -0.999. The lowest BCUT2D eigenvalue weighted by atomic mass is 9.70. The second kappa shape index (κ2) is 11.1. The summed E-state index contributed by atoms with van der Waals surface area (Å²) in [6, 6.07) is 6.31. The molecule has 3 saturated heterocycles. The van der Waals surface area contributed by atoms with Crippen LogP contribution in [-0.2, 0) is 19.1 Å². The van der Waals surface area contributed by atoms with Crippen molar-refractivity contribution in [2.24, 2.45) is 11.8 Å². The molecule has 0 saturated carbocycles. The molecule has 1 aromatic rings. The Kier molecular flexibility index (Phi) is 8.23. The Labute approximate surface area is 231 Å². The Hall–Kier alpha value is -3.17. The predicted octanol–water partition coefficient (Wildman–Crippen LogP) is 2.78. The number of amides is 3. The Bertz CT molecular complexity index is 1110. The topological polar surface area (TPSA) is 99.6 Å². The molecule has 1 aromatic carbocycles. The Balaban J connectivity index is 1.72. The number of carbonyl (C=O) groups is 3. The molecule has 9 heteroatoms. The van der Waals surface area contributed by atoms with Crippen molar-refractivity contribution in [2.45, 2.75) is 63.8 Å². The van der Waals surface area contributed by atoms with Crippen LogP contribution in [0.25, 0.3) is 0 Å². The van der Waals surface area contributed by atoms with E-state index in [0.29, 0.717) is 37.4 Å². The maximum Gasteiger partial charge on any atom is 0.249 e. The summed E-state index contributed by atoms with van der Waals surface area (Å²) in [5.74, 6) is -1.68. The standard InChI is InChI=1S/C30H41N3O6/c1-7-16-31(20-10-12-21(13-11-20)38-9-3)26(35)23-22-14-15-30(39-22)24(23)27(36)32(18-19-34)25(30)28(37)33(17-8-2)29(4,5)6/h7-8,10-13,22-25,34H,1-2,9,14-19H2,3-6H3/t22-,23+,24+,25?,30?/m1/s1. The molecule has 2 unspecified atom stereocenters. The summed E-state index contributed by atoms with van der Waals surface area (Å²) in [6.45, 7) is 16.1. The highest BCUT2D eigenvalue weighted by molar-refractivity contribution is 6.03. The van der Waals surface area contributed by atoms with Gasteiger partial charge in [0.2, 0.25) is 17.7 Å². The predicted molar refractivity (Wildman–Crippen MR) is 148 cm³/mol. The number of likely N-dealkylation sites (tertiary alicyclic amines) is 1. The molecule has 3 aliphatic rings. The van der Waals surface area contributed by atoms with Crippen LogP contribution in [0.15, 0.2) is 49.6 Å². The smallest absolute Gasteiger partial charge is 0.249 e. The Morgan fingerprint density at radius 2 is 1.85 bits per heavy atom. The number of hydrogen-bond donors (Lipinski definition) is 1. The molecular formula is C30H41N3O6. The summed E-state index contributed by atoms with van der Waals surface area (Å²) in [4.78, 5) is 47.1. The lowest BCUT2D eigenvalue weighted by Gasteiger charge is -2.42. The fourth-order valence-electron chi connectivity index (χ4n) is 6.55. The van der Waals surface area contributed by atoms with E-state index in [4.69, 9.17) is 9.47 Å². The quantitative estimate of drug-likeness (QED) is 0.434. The summed E-state index contributed by atoms with van der Waals surface area (Å²) in [5, 5.41) is 9.85. The van der Waals surface area contributed by atoms with Crippen molar-refractivity contribution in [1.29, 1.82) is 0 Å². The molecule has 2 bridgehead atoms. The number of aliphatic hydroxyl groups is 1. The third kappa shape index (κ3) is 4.87. The first-order chi connectivity index (χ1) is 18.5. The number of β-amino-alcohol motifs (C(OH)–C–C–N with tert-alkyl or cyclic N) is 1. The Morgan fingerprint density at radius 1 is 1.18 bits per heavy atom. The van der Waals surface area contributed by atoms with Crippen molar-refractivity contribution in [3.63, 3.8) is 0 Å². The minimum absolute atomic E-state index is 0.0102. The van der Waals surface area contributed by atoms with Crippen molar-refractivity contribution in [3.8, 4) is 5.75 Å². The summed E-state index contributed by atoms with van der Waals surface area (Å²) < 4.78 is 12.1. The van der Waals surface area contributed by atoms with E-state index in [2.05, 4.69) is 13.2 Å². The highest BCUT2D eigenvalue weighted by Gasteiger charge is 2.75. The lowest BCUT2D eigenvalue weighted by molar-refractivity contribution is -0.151. The largest absolute Gasteiger partial charge is 0.494 e. The van der Waals surface area contributed by atoms with Gasteiger partial charge in [0, 0.05) is 30.9 Å². The molecule has 0 radical (unpaired) electrons. The molecule has 1 spiro atoms. The number of nitrogens with zero attached hydrogens (tertiary/aromatic N) is 3. The molecule has 39 heavy (non-hydrogen) atoms. The van der Waals surface area contributed by atoms with Crippen LogP contribution in [0, 0.1) is 11.8 Å². The van der Waals surface area contributed by atoms with Crippen molar-refractivity contribution >= 4 is 23.4 Å². The van der Waals surface area contributed by atoms with Gasteiger partial charge >= 0.3 is 0 Å². The van der Waals surface area contributed by atoms with E-state index in [9.17, 15) is 19.5 Å². The van der Waals surface area contributed by atoms with Gasteiger partial charge in [-0.3, -0.25) is 14.4 Å². The van der Waals surface area contributed by atoms with Gasteiger partial charge in [-0.25, -0.2) is 0 Å². The fourth-order valence-corrected chi connectivity index (χ4v) is 6.55. The molecule has 3 amide bonds. The molecule has 0 aliphatic carbocycles. The van der Waals surface area contributed by atoms with E-state index in [1.165, 1.54) is 4.90 Å². The summed E-state index contributed by atoms with van der Waals surface area (Å²) >= 11 is 0. The highest BCUT2D eigenvalue weighted by atomic mass is 16.5. The van der Waals surface area contributed by atoms with Gasteiger partial charge in [-0.05, 0) is 64.8 Å². The highest BCUT2D eigenvalue weighted by Crippen LogP contribution is 2.59. The zero-order valence-electron chi connectivity index (χ0n) is 23.5. The average Bonchev–Trinajstić information content (AvgIpc) is 3.53. The number of anilines is 1. The second-order valence-corrected chi connectivity index (χ2v) is 11.4. The maximum absolute atomic E-state index is 14.2. The first-order valence-corrected chi connectivity index (χ1v) is 13.7. The van der Waals surface area contributed by atoms with Crippen LogP contribution in [0.1, 0.15) is 40.5 Å². The fraction of sp³-hybridized carbons (Fsp3) is 0.567. The third-order valence-electron chi connectivity index (χ3n) is 8.08. The zero-order chi connectivity index (χ0) is 28.5. The van der Waals surface area contributed by atoms with Gasteiger partial charge in [0.1, 0.15) is 17.4 Å². The molecule has 4 rings (SSSR count). The first kappa shape index (κ1) is 28.8. The van der Waals surface area contributed by atoms with Crippen LogP contribution < -0.4 is 9.64 Å². The number of ether oxygens (including phenoxy) is 2. The first-order valence-electron chi connectivity index (χ1n) is 13.7. The van der Waals surface area contributed by atoms with Crippen LogP contribution in [0.2, 0.25) is 0 Å². The third-order valence-corrected chi connectivity index (χ3v) is 8.08. The van der Waals surface area contributed by atoms with E-state index >= 15 is 0 Å². The molecule has 3 fully saturated rings. The number of benzene rings is 1. The monoisotopic (exact) mass is 539 g/mol. The van der Waals surface area contributed by atoms with Gasteiger partial charge < -0.3 is 29.3 Å². The lowest BCUT2D eigenvalue weighted by Crippen LogP contribution is -2.60. The van der Waals surface area contributed by atoms with Crippen molar-refractivity contribution in [1.82, 2.24) is 9.80 Å². The number of aliphatic hydroxyl groups excluding tert-OH is 1. The van der Waals surface area contributed by atoms with Gasteiger partial charge in [-0.2, -0.15) is 0 Å². The molecule has 3 aliphatic heterocycles. The number of hydrogen-bond acceptors (Lipinski definition) is 6. The van der Waals surface area contributed by atoms with Gasteiger partial charge in [-0.15, -0.1) is 13.2 Å². The van der Waals surface area contributed by atoms with Crippen molar-refractivity contribution in [2.75, 3.05) is 37.7 Å². The van der Waals surface area contributed by atoms with E-state index in [-0.39, 0.29) is 37.4 Å².